The summed E-state index contributed by atoms with van der Waals surface area (Å²) in [7, 11) is 0. The van der Waals surface area contributed by atoms with Gasteiger partial charge in [-0.3, -0.25) is 4.79 Å². The number of nitrogens with one attached hydrogen (secondary N) is 2. The number of rotatable bonds is 5. The number of ether oxygens (including phenoxy) is 1. The highest BCUT2D eigenvalue weighted by Gasteiger charge is 2.53. The monoisotopic (exact) mass is 466 g/mol. The predicted molar refractivity (Wildman–Crippen MR) is 137 cm³/mol. The van der Waals surface area contributed by atoms with Crippen LogP contribution in [-0.2, 0) is 4.74 Å². The average molecular weight is 467 g/mol. The second-order valence-corrected chi connectivity index (χ2v) is 10.0. The van der Waals surface area contributed by atoms with Crippen LogP contribution in [0.15, 0.2) is 72.8 Å². The first-order chi connectivity index (χ1) is 17.1. The van der Waals surface area contributed by atoms with Crippen LogP contribution in [0.5, 0.6) is 0 Å². The Morgan fingerprint density at radius 3 is 2.46 bits per heavy atom. The number of carbonyl (C=O) groups excluding carboxylic acids is 2. The van der Waals surface area contributed by atoms with Crippen molar-refractivity contribution in [3.8, 4) is 0 Å². The van der Waals surface area contributed by atoms with Crippen LogP contribution in [0.2, 0.25) is 0 Å². The van der Waals surface area contributed by atoms with Crippen molar-refractivity contribution in [2.24, 2.45) is 17.8 Å². The zero-order valence-corrected chi connectivity index (χ0v) is 19.9. The Morgan fingerprint density at radius 2 is 1.69 bits per heavy atom. The molecule has 2 saturated carbocycles. The van der Waals surface area contributed by atoms with Gasteiger partial charge in [-0.25, -0.2) is 4.79 Å². The zero-order chi connectivity index (χ0) is 23.9. The number of benzene rings is 3. The second kappa shape index (κ2) is 8.88. The van der Waals surface area contributed by atoms with Gasteiger partial charge in [0.1, 0.15) is 0 Å². The number of anilines is 2. The normalized spacial score (nSPS) is 25.8. The number of esters is 1. The van der Waals surface area contributed by atoms with E-state index in [1.165, 1.54) is 30.4 Å². The molecular weight excluding hydrogens is 436 g/mol. The van der Waals surface area contributed by atoms with Gasteiger partial charge in [-0.05, 0) is 103 Å². The number of carbonyl (C=O) groups is 2. The van der Waals surface area contributed by atoms with E-state index in [4.69, 9.17) is 4.74 Å². The van der Waals surface area contributed by atoms with E-state index >= 15 is 0 Å². The molecule has 178 valence electrons. The molecule has 2 aliphatic carbocycles. The molecule has 3 aromatic carbocycles. The highest BCUT2D eigenvalue weighted by Crippen LogP contribution is 2.63. The van der Waals surface area contributed by atoms with E-state index in [9.17, 15) is 9.59 Å². The molecule has 2 bridgehead atoms. The summed E-state index contributed by atoms with van der Waals surface area (Å²) in [4.78, 5) is 25.0. The topological polar surface area (TPSA) is 67.4 Å². The average Bonchev–Trinajstić information content (AvgIpc) is 3.52. The molecule has 2 fully saturated rings. The quantitative estimate of drug-likeness (QED) is 0.426. The van der Waals surface area contributed by atoms with E-state index < -0.39 is 0 Å². The standard InChI is InChI=1S/C30H30N2O3/c1-2-35-30(34)19-10-13-23(14-11-19)31-29(33)22-12-15-25-24(17-22)26-20-8-9-21(16-20)27(26)28(32-25)18-6-4-3-5-7-18/h3-7,10-15,17,20-21,26-28,32H,2,8-9,16H2,1H3,(H,31,33)/t20-,21-,26-,27+,28+/m0/s1. The minimum atomic E-state index is -0.359. The Balaban J connectivity index is 1.26. The Kier molecular flexibility index (Phi) is 5.56. The van der Waals surface area contributed by atoms with Crippen molar-refractivity contribution in [2.45, 2.75) is 38.1 Å². The lowest BCUT2D eigenvalue weighted by Crippen LogP contribution is -2.35. The molecule has 3 aromatic rings. The Bertz CT molecular complexity index is 1250. The third-order valence-electron chi connectivity index (χ3n) is 8.16. The highest BCUT2D eigenvalue weighted by molar-refractivity contribution is 6.05. The summed E-state index contributed by atoms with van der Waals surface area (Å²) in [6.07, 6.45) is 3.90. The van der Waals surface area contributed by atoms with Crippen LogP contribution in [0.3, 0.4) is 0 Å². The van der Waals surface area contributed by atoms with Crippen molar-refractivity contribution in [2.75, 3.05) is 17.2 Å². The van der Waals surface area contributed by atoms with Gasteiger partial charge >= 0.3 is 5.97 Å². The van der Waals surface area contributed by atoms with Crippen LogP contribution < -0.4 is 10.6 Å². The van der Waals surface area contributed by atoms with Crippen LogP contribution >= 0.6 is 0 Å². The molecule has 5 nitrogen and oxygen atoms in total. The van der Waals surface area contributed by atoms with E-state index in [0.717, 1.165) is 11.6 Å². The van der Waals surface area contributed by atoms with Crippen molar-refractivity contribution in [3.05, 3.63) is 95.1 Å². The first-order valence-electron chi connectivity index (χ1n) is 12.7. The maximum absolute atomic E-state index is 13.1. The van der Waals surface area contributed by atoms with Gasteiger partial charge in [0.05, 0.1) is 18.2 Å². The molecule has 0 unspecified atom stereocenters. The van der Waals surface area contributed by atoms with Crippen molar-refractivity contribution < 1.29 is 14.3 Å². The summed E-state index contributed by atoms with van der Waals surface area (Å²) in [5.74, 6) is 2.00. The molecule has 1 aliphatic heterocycles. The number of hydrogen-bond donors (Lipinski definition) is 2. The SMILES string of the molecule is CCOC(=O)c1ccc(NC(=O)c2ccc3c(c2)[C@@H]2[C@H]4CC[C@@H](C4)[C@H]2[C@@H](c2ccccc2)N3)cc1. The van der Waals surface area contributed by atoms with Crippen molar-refractivity contribution >= 4 is 23.3 Å². The lowest BCUT2D eigenvalue weighted by atomic mass is 9.68. The Morgan fingerprint density at radius 1 is 0.943 bits per heavy atom. The lowest BCUT2D eigenvalue weighted by molar-refractivity contribution is 0.0526. The van der Waals surface area contributed by atoms with E-state index in [2.05, 4.69) is 53.1 Å². The van der Waals surface area contributed by atoms with Gasteiger partial charge in [-0.1, -0.05) is 30.3 Å². The first kappa shape index (κ1) is 21.9. The van der Waals surface area contributed by atoms with Gasteiger partial charge < -0.3 is 15.4 Å². The predicted octanol–water partition coefficient (Wildman–Crippen LogP) is 6.41. The summed E-state index contributed by atoms with van der Waals surface area (Å²) < 4.78 is 5.03. The number of fused-ring (bicyclic) bond motifs is 7. The third-order valence-corrected chi connectivity index (χ3v) is 8.16. The molecule has 0 saturated heterocycles. The highest BCUT2D eigenvalue weighted by atomic mass is 16.5. The molecule has 0 spiro atoms. The van der Waals surface area contributed by atoms with E-state index in [-0.39, 0.29) is 11.9 Å². The van der Waals surface area contributed by atoms with Crippen LogP contribution in [-0.4, -0.2) is 18.5 Å². The first-order valence-corrected chi connectivity index (χ1v) is 12.7. The van der Waals surface area contributed by atoms with Gasteiger partial charge in [-0.2, -0.15) is 0 Å². The number of hydrogen-bond acceptors (Lipinski definition) is 4. The van der Waals surface area contributed by atoms with Crippen LogP contribution in [0.4, 0.5) is 11.4 Å². The van der Waals surface area contributed by atoms with Crippen LogP contribution in [0.25, 0.3) is 0 Å². The molecule has 5 atom stereocenters. The van der Waals surface area contributed by atoms with Gasteiger partial charge in [0.15, 0.2) is 0 Å². The summed E-state index contributed by atoms with van der Waals surface area (Å²) >= 11 is 0. The van der Waals surface area contributed by atoms with E-state index in [1.807, 2.05) is 6.07 Å². The Hall–Kier alpha value is -3.60. The molecule has 6 rings (SSSR count). The van der Waals surface area contributed by atoms with Crippen LogP contribution in [0, 0.1) is 17.8 Å². The Labute approximate surface area is 205 Å². The number of amides is 1. The maximum atomic E-state index is 13.1. The fraction of sp³-hybridized carbons (Fsp3) is 0.333. The van der Waals surface area contributed by atoms with E-state index in [0.29, 0.717) is 47.2 Å². The lowest BCUT2D eigenvalue weighted by Gasteiger charge is -2.43. The van der Waals surface area contributed by atoms with E-state index in [1.54, 1.807) is 31.2 Å². The molecule has 3 aliphatic rings. The molecule has 1 heterocycles. The molecule has 35 heavy (non-hydrogen) atoms. The van der Waals surface area contributed by atoms with Gasteiger partial charge in [0.2, 0.25) is 0 Å². The molecule has 0 radical (unpaired) electrons. The van der Waals surface area contributed by atoms with Crippen molar-refractivity contribution in [1.29, 1.82) is 0 Å². The molecule has 0 aromatic heterocycles. The minimum absolute atomic E-state index is 0.137. The molecule has 5 heteroatoms. The van der Waals surface area contributed by atoms with Crippen molar-refractivity contribution in [1.82, 2.24) is 0 Å². The third kappa shape index (κ3) is 3.89. The van der Waals surface area contributed by atoms with Crippen LogP contribution in [0.1, 0.15) is 70.0 Å². The largest absolute Gasteiger partial charge is 0.462 e. The van der Waals surface area contributed by atoms with Gasteiger partial charge in [0, 0.05) is 16.9 Å². The fourth-order valence-electron chi connectivity index (χ4n) is 6.72. The summed E-state index contributed by atoms with van der Waals surface area (Å²) in [6.45, 7) is 2.11. The minimum Gasteiger partial charge on any atom is -0.462 e. The fourth-order valence-corrected chi connectivity index (χ4v) is 6.72. The summed E-state index contributed by atoms with van der Waals surface area (Å²) in [6, 6.07) is 24.0. The van der Waals surface area contributed by atoms with Crippen molar-refractivity contribution in [3.63, 3.8) is 0 Å². The molecule has 1 amide bonds. The maximum Gasteiger partial charge on any atom is 0.338 e. The van der Waals surface area contributed by atoms with Gasteiger partial charge in [-0.15, -0.1) is 0 Å². The second-order valence-electron chi connectivity index (χ2n) is 10.0. The summed E-state index contributed by atoms with van der Waals surface area (Å²) in [5, 5.41) is 6.82. The smallest absolute Gasteiger partial charge is 0.338 e. The van der Waals surface area contributed by atoms with Gasteiger partial charge in [0.25, 0.3) is 5.91 Å². The molecular formula is C30H30N2O3. The zero-order valence-electron chi connectivity index (χ0n) is 19.9. The molecule has 2 N–H and O–H groups in total. The summed E-state index contributed by atoms with van der Waals surface area (Å²) in [5.41, 5.74) is 5.59.